The highest BCUT2D eigenvalue weighted by Gasteiger charge is 2.13. The molecule has 3 nitrogen and oxygen atoms in total. The first-order valence-corrected chi connectivity index (χ1v) is 5.74. The number of nitrogens with two attached hydrogens (primary N) is 1. The van der Waals surface area contributed by atoms with Crippen molar-refractivity contribution in [2.45, 2.75) is 45.1 Å². The van der Waals surface area contributed by atoms with Gasteiger partial charge in [-0.25, -0.2) is 0 Å². The van der Waals surface area contributed by atoms with Gasteiger partial charge in [-0.1, -0.05) is 19.3 Å². The van der Waals surface area contributed by atoms with Crippen LogP contribution in [0.1, 0.15) is 37.8 Å². The summed E-state index contributed by atoms with van der Waals surface area (Å²) in [6.45, 7) is 1.96. The van der Waals surface area contributed by atoms with Crippen LogP contribution in [0.4, 0.5) is 11.4 Å². The first kappa shape index (κ1) is 10.3. The van der Waals surface area contributed by atoms with Crippen molar-refractivity contribution >= 4 is 11.4 Å². The van der Waals surface area contributed by atoms with Crippen molar-refractivity contribution in [1.29, 1.82) is 0 Å². The van der Waals surface area contributed by atoms with Crippen LogP contribution in [0.15, 0.2) is 12.3 Å². The van der Waals surface area contributed by atoms with Crippen LogP contribution in [0.2, 0.25) is 0 Å². The lowest BCUT2D eigenvalue weighted by Crippen LogP contribution is -2.22. The predicted octanol–water partition coefficient (Wildman–Crippen LogP) is 2.72. The van der Waals surface area contributed by atoms with Crippen molar-refractivity contribution in [3.05, 3.63) is 18.0 Å². The number of rotatable bonds is 2. The standard InChI is InChI=1S/C12H19N3/c1-9-7-11(13)12(8-14-9)15-10-5-3-2-4-6-10/h7-8,10,15H,2-6H2,1H3,(H2,13,14). The Morgan fingerprint density at radius 3 is 2.73 bits per heavy atom. The Morgan fingerprint density at radius 1 is 1.33 bits per heavy atom. The molecule has 0 amide bonds. The Hall–Kier alpha value is -1.25. The first-order chi connectivity index (χ1) is 7.25. The third kappa shape index (κ3) is 2.61. The normalized spacial score (nSPS) is 17.7. The quantitative estimate of drug-likeness (QED) is 0.780. The lowest BCUT2D eigenvalue weighted by Gasteiger charge is -2.24. The maximum atomic E-state index is 5.94. The Balaban J connectivity index is 2.03. The zero-order chi connectivity index (χ0) is 10.7. The topological polar surface area (TPSA) is 50.9 Å². The van der Waals surface area contributed by atoms with Crippen molar-refractivity contribution in [3.63, 3.8) is 0 Å². The summed E-state index contributed by atoms with van der Waals surface area (Å²) < 4.78 is 0. The fourth-order valence-corrected chi connectivity index (χ4v) is 2.17. The van der Waals surface area contributed by atoms with Gasteiger partial charge < -0.3 is 11.1 Å². The third-order valence-corrected chi connectivity index (χ3v) is 3.04. The number of nitrogen functional groups attached to an aromatic ring is 1. The van der Waals surface area contributed by atoms with E-state index in [2.05, 4.69) is 10.3 Å². The molecule has 1 aromatic rings. The van der Waals surface area contributed by atoms with E-state index >= 15 is 0 Å². The number of nitrogens with zero attached hydrogens (tertiary/aromatic N) is 1. The zero-order valence-electron chi connectivity index (χ0n) is 9.29. The zero-order valence-corrected chi connectivity index (χ0v) is 9.29. The summed E-state index contributed by atoms with van der Waals surface area (Å²) in [7, 11) is 0. The average molecular weight is 205 g/mol. The van der Waals surface area contributed by atoms with E-state index in [1.54, 1.807) is 0 Å². The molecule has 0 aliphatic heterocycles. The molecule has 3 heteroatoms. The van der Waals surface area contributed by atoms with Crippen molar-refractivity contribution in [2.75, 3.05) is 11.1 Å². The summed E-state index contributed by atoms with van der Waals surface area (Å²) in [4.78, 5) is 4.26. The summed E-state index contributed by atoms with van der Waals surface area (Å²) in [5.41, 5.74) is 8.72. The Morgan fingerprint density at radius 2 is 2.07 bits per heavy atom. The fraction of sp³-hybridized carbons (Fsp3) is 0.583. The van der Waals surface area contributed by atoms with Crippen LogP contribution in [0.3, 0.4) is 0 Å². The molecule has 0 radical (unpaired) electrons. The van der Waals surface area contributed by atoms with Gasteiger partial charge in [0, 0.05) is 11.7 Å². The largest absolute Gasteiger partial charge is 0.397 e. The van der Waals surface area contributed by atoms with E-state index in [4.69, 9.17) is 5.73 Å². The van der Waals surface area contributed by atoms with E-state index in [0.717, 1.165) is 17.1 Å². The van der Waals surface area contributed by atoms with Crippen LogP contribution in [-0.4, -0.2) is 11.0 Å². The van der Waals surface area contributed by atoms with E-state index in [0.29, 0.717) is 6.04 Å². The van der Waals surface area contributed by atoms with Gasteiger partial charge in [0.1, 0.15) is 0 Å². The molecule has 1 heterocycles. The first-order valence-electron chi connectivity index (χ1n) is 5.74. The van der Waals surface area contributed by atoms with E-state index in [9.17, 15) is 0 Å². The van der Waals surface area contributed by atoms with Gasteiger partial charge in [0.2, 0.25) is 0 Å². The van der Waals surface area contributed by atoms with Crippen molar-refractivity contribution in [2.24, 2.45) is 0 Å². The molecule has 0 saturated heterocycles. The maximum absolute atomic E-state index is 5.94. The molecule has 0 aromatic carbocycles. The van der Waals surface area contributed by atoms with Gasteiger partial charge in [0.05, 0.1) is 17.6 Å². The second-order valence-electron chi connectivity index (χ2n) is 4.39. The Bertz CT molecular complexity index is 330. The lowest BCUT2D eigenvalue weighted by atomic mass is 9.95. The number of hydrogen-bond acceptors (Lipinski definition) is 3. The summed E-state index contributed by atoms with van der Waals surface area (Å²) in [5.74, 6) is 0. The molecule has 1 fully saturated rings. The molecule has 1 saturated carbocycles. The number of anilines is 2. The molecule has 2 rings (SSSR count). The molecular weight excluding hydrogens is 186 g/mol. The van der Waals surface area contributed by atoms with Crippen molar-refractivity contribution in [3.8, 4) is 0 Å². The Labute approximate surface area is 91.1 Å². The molecule has 1 aliphatic rings. The van der Waals surface area contributed by atoms with E-state index in [1.165, 1.54) is 32.1 Å². The second-order valence-corrected chi connectivity index (χ2v) is 4.39. The van der Waals surface area contributed by atoms with Crippen LogP contribution in [-0.2, 0) is 0 Å². The second kappa shape index (κ2) is 4.51. The van der Waals surface area contributed by atoms with E-state index in [1.807, 2.05) is 19.2 Å². The minimum Gasteiger partial charge on any atom is -0.397 e. The molecular formula is C12H19N3. The molecule has 0 spiro atoms. The monoisotopic (exact) mass is 205 g/mol. The minimum atomic E-state index is 0.588. The number of nitrogens with one attached hydrogen (secondary N) is 1. The fourth-order valence-electron chi connectivity index (χ4n) is 2.17. The molecule has 0 bridgehead atoms. The Kier molecular flexibility index (Phi) is 3.09. The van der Waals surface area contributed by atoms with Crippen LogP contribution in [0, 0.1) is 6.92 Å². The lowest BCUT2D eigenvalue weighted by molar-refractivity contribution is 0.463. The summed E-state index contributed by atoms with van der Waals surface area (Å²) in [6, 6.07) is 2.51. The van der Waals surface area contributed by atoms with Gasteiger partial charge in [0.25, 0.3) is 0 Å². The smallest absolute Gasteiger partial charge is 0.0762 e. The van der Waals surface area contributed by atoms with Gasteiger partial charge >= 0.3 is 0 Å². The summed E-state index contributed by atoms with van der Waals surface area (Å²) in [6.07, 6.45) is 8.40. The van der Waals surface area contributed by atoms with E-state index in [-0.39, 0.29) is 0 Å². The molecule has 82 valence electrons. The SMILES string of the molecule is Cc1cc(N)c(NC2CCCCC2)cn1. The van der Waals surface area contributed by atoms with Gasteiger partial charge in [-0.05, 0) is 25.8 Å². The third-order valence-electron chi connectivity index (χ3n) is 3.04. The highest BCUT2D eigenvalue weighted by Crippen LogP contribution is 2.24. The summed E-state index contributed by atoms with van der Waals surface area (Å²) >= 11 is 0. The number of hydrogen-bond donors (Lipinski definition) is 2. The number of pyridine rings is 1. The molecule has 3 N–H and O–H groups in total. The average Bonchev–Trinajstić information content (AvgIpc) is 2.24. The molecule has 0 unspecified atom stereocenters. The minimum absolute atomic E-state index is 0.588. The van der Waals surface area contributed by atoms with Gasteiger partial charge in [-0.3, -0.25) is 4.98 Å². The van der Waals surface area contributed by atoms with Crippen LogP contribution in [0.5, 0.6) is 0 Å². The number of aryl methyl sites for hydroxylation is 1. The maximum Gasteiger partial charge on any atom is 0.0762 e. The van der Waals surface area contributed by atoms with Crippen LogP contribution >= 0.6 is 0 Å². The molecule has 1 aliphatic carbocycles. The highest BCUT2D eigenvalue weighted by molar-refractivity contribution is 5.65. The highest BCUT2D eigenvalue weighted by atomic mass is 15.0. The summed E-state index contributed by atoms with van der Waals surface area (Å²) in [5, 5.41) is 3.49. The van der Waals surface area contributed by atoms with E-state index < -0.39 is 0 Å². The van der Waals surface area contributed by atoms with Gasteiger partial charge in [-0.15, -0.1) is 0 Å². The molecule has 1 aromatic heterocycles. The van der Waals surface area contributed by atoms with Crippen molar-refractivity contribution in [1.82, 2.24) is 4.98 Å². The van der Waals surface area contributed by atoms with Crippen LogP contribution in [0.25, 0.3) is 0 Å². The van der Waals surface area contributed by atoms with Crippen LogP contribution < -0.4 is 11.1 Å². The molecule has 15 heavy (non-hydrogen) atoms. The molecule has 0 atom stereocenters. The van der Waals surface area contributed by atoms with Gasteiger partial charge in [-0.2, -0.15) is 0 Å². The van der Waals surface area contributed by atoms with Gasteiger partial charge in [0.15, 0.2) is 0 Å². The number of aromatic nitrogens is 1. The van der Waals surface area contributed by atoms with Crippen molar-refractivity contribution < 1.29 is 0 Å². The predicted molar refractivity (Wildman–Crippen MR) is 63.9 cm³/mol.